The Labute approximate surface area is 164 Å². The van der Waals surface area contributed by atoms with E-state index in [4.69, 9.17) is 11.6 Å². The van der Waals surface area contributed by atoms with Gasteiger partial charge < -0.3 is 10.4 Å². The highest BCUT2D eigenvalue weighted by atomic mass is 35.5. The van der Waals surface area contributed by atoms with Crippen LogP contribution in [0.2, 0.25) is 5.02 Å². The average Bonchev–Trinajstić information content (AvgIpc) is 3.38. The predicted molar refractivity (Wildman–Crippen MR) is 106 cm³/mol. The summed E-state index contributed by atoms with van der Waals surface area (Å²) in [7, 11) is 1.77. The number of nitrogens with one attached hydrogen (secondary N) is 2. The van der Waals surface area contributed by atoms with Crippen molar-refractivity contribution >= 4 is 28.9 Å². The van der Waals surface area contributed by atoms with Gasteiger partial charge in [-0.3, -0.25) is 5.10 Å². The van der Waals surface area contributed by atoms with E-state index in [2.05, 4.69) is 30.5 Å². The van der Waals surface area contributed by atoms with Crippen LogP contribution in [0.3, 0.4) is 0 Å². The molecule has 0 bridgehead atoms. The van der Waals surface area contributed by atoms with Gasteiger partial charge in [-0.05, 0) is 29.8 Å². The number of rotatable bonds is 5. The Kier molecular flexibility index (Phi) is 4.85. The van der Waals surface area contributed by atoms with Crippen LogP contribution in [0.25, 0.3) is 21.3 Å². The van der Waals surface area contributed by atoms with Crippen LogP contribution in [0.1, 0.15) is 17.2 Å². The Morgan fingerprint density at radius 3 is 2.70 bits per heavy atom. The number of aromatic nitrogens is 5. The summed E-state index contributed by atoms with van der Waals surface area (Å²) < 4.78 is 0. The molecule has 0 fully saturated rings. The van der Waals surface area contributed by atoms with Crippen molar-refractivity contribution in [3.8, 4) is 21.3 Å². The van der Waals surface area contributed by atoms with E-state index >= 15 is 0 Å². The summed E-state index contributed by atoms with van der Waals surface area (Å²) in [6, 6.07) is 10.9. The van der Waals surface area contributed by atoms with E-state index in [1.165, 1.54) is 17.7 Å². The SMILES string of the molecule is CNc1nccc(-c2cc(C(O)c3ccc(Cl)cc3)c(-c3ncn[nH]3)s2)n1. The van der Waals surface area contributed by atoms with Crippen LogP contribution in [0.4, 0.5) is 5.95 Å². The van der Waals surface area contributed by atoms with Gasteiger partial charge in [-0.15, -0.1) is 11.3 Å². The topological polar surface area (TPSA) is 99.6 Å². The lowest BCUT2D eigenvalue weighted by atomic mass is 10.0. The first-order valence-electron chi connectivity index (χ1n) is 8.10. The third-order valence-electron chi connectivity index (χ3n) is 4.00. The second-order valence-electron chi connectivity index (χ2n) is 5.70. The number of aromatic amines is 1. The largest absolute Gasteiger partial charge is 0.384 e. The highest BCUT2D eigenvalue weighted by molar-refractivity contribution is 7.19. The second kappa shape index (κ2) is 7.43. The van der Waals surface area contributed by atoms with Crippen molar-refractivity contribution in [2.75, 3.05) is 12.4 Å². The first-order chi connectivity index (χ1) is 13.2. The van der Waals surface area contributed by atoms with Crippen molar-refractivity contribution in [2.45, 2.75) is 6.10 Å². The Bertz CT molecular complexity index is 1050. The molecular weight excluding hydrogens is 384 g/mol. The molecule has 1 aromatic carbocycles. The lowest BCUT2D eigenvalue weighted by Crippen LogP contribution is -2.00. The van der Waals surface area contributed by atoms with Gasteiger partial charge in [0.05, 0.1) is 15.4 Å². The van der Waals surface area contributed by atoms with Crippen LogP contribution in [0.15, 0.2) is 48.9 Å². The fourth-order valence-electron chi connectivity index (χ4n) is 2.68. The number of aliphatic hydroxyl groups excluding tert-OH is 1. The molecule has 9 heteroatoms. The molecule has 1 atom stereocenters. The molecule has 0 aliphatic rings. The standard InChI is InChI=1S/C18H15ClN6OS/c1-20-18-21-7-6-13(24-18)14-8-12(16(27-14)17-22-9-23-25-17)15(26)10-2-4-11(19)5-3-10/h2-9,15,26H,1H3,(H,20,21,24)(H,22,23,25). The lowest BCUT2D eigenvalue weighted by Gasteiger charge is -2.11. The zero-order valence-corrected chi connectivity index (χ0v) is 15.8. The maximum absolute atomic E-state index is 11.0. The summed E-state index contributed by atoms with van der Waals surface area (Å²) in [5.74, 6) is 1.12. The van der Waals surface area contributed by atoms with E-state index in [0.717, 1.165) is 26.6 Å². The molecule has 3 N–H and O–H groups in total. The molecule has 3 heterocycles. The molecule has 0 radical (unpaired) electrons. The van der Waals surface area contributed by atoms with Crippen molar-refractivity contribution in [3.05, 3.63) is 65.1 Å². The number of thiophene rings is 1. The average molecular weight is 399 g/mol. The molecule has 0 saturated carbocycles. The summed E-state index contributed by atoms with van der Waals surface area (Å²) in [6.45, 7) is 0. The molecule has 3 aromatic heterocycles. The van der Waals surface area contributed by atoms with Crippen molar-refractivity contribution < 1.29 is 5.11 Å². The molecule has 4 aromatic rings. The number of hydrogen-bond acceptors (Lipinski definition) is 7. The predicted octanol–water partition coefficient (Wildman–Crippen LogP) is 3.77. The Morgan fingerprint density at radius 1 is 1.19 bits per heavy atom. The monoisotopic (exact) mass is 398 g/mol. The third kappa shape index (κ3) is 3.55. The van der Waals surface area contributed by atoms with E-state index in [1.807, 2.05) is 12.1 Å². The number of nitrogens with zero attached hydrogens (tertiary/aromatic N) is 4. The molecule has 0 aliphatic carbocycles. The molecule has 0 amide bonds. The molecule has 0 saturated heterocycles. The van der Waals surface area contributed by atoms with Gasteiger partial charge in [-0.25, -0.2) is 15.0 Å². The van der Waals surface area contributed by atoms with E-state index in [-0.39, 0.29) is 0 Å². The van der Waals surface area contributed by atoms with E-state index < -0.39 is 6.10 Å². The van der Waals surface area contributed by atoms with Crippen LogP contribution in [0.5, 0.6) is 0 Å². The zero-order chi connectivity index (χ0) is 18.8. The van der Waals surface area contributed by atoms with Gasteiger partial charge in [-0.2, -0.15) is 5.10 Å². The number of hydrogen-bond donors (Lipinski definition) is 3. The summed E-state index contributed by atoms with van der Waals surface area (Å²) in [5.41, 5.74) is 2.22. The van der Waals surface area contributed by atoms with Crippen LogP contribution >= 0.6 is 22.9 Å². The van der Waals surface area contributed by atoms with Gasteiger partial charge in [0.25, 0.3) is 0 Å². The lowest BCUT2D eigenvalue weighted by molar-refractivity contribution is 0.221. The number of halogens is 1. The molecular formula is C18H15ClN6OS. The Morgan fingerprint density at radius 2 is 2.00 bits per heavy atom. The summed E-state index contributed by atoms with van der Waals surface area (Å²) in [5, 5.41) is 21.3. The van der Waals surface area contributed by atoms with Crippen molar-refractivity contribution in [1.82, 2.24) is 25.1 Å². The van der Waals surface area contributed by atoms with Crippen molar-refractivity contribution in [3.63, 3.8) is 0 Å². The summed E-state index contributed by atoms with van der Waals surface area (Å²) in [6.07, 6.45) is 2.30. The molecule has 0 spiro atoms. The second-order valence-corrected chi connectivity index (χ2v) is 7.19. The van der Waals surface area contributed by atoms with E-state index in [0.29, 0.717) is 16.8 Å². The number of aliphatic hydroxyl groups is 1. The van der Waals surface area contributed by atoms with Gasteiger partial charge in [0, 0.05) is 23.8 Å². The Balaban J connectivity index is 1.82. The summed E-state index contributed by atoms with van der Waals surface area (Å²) >= 11 is 7.44. The van der Waals surface area contributed by atoms with Crippen LogP contribution in [-0.4, -0.2) is 37.3 Å². The molecule has 0 aliphatic heterocycles. The maximum atomic E-state index is 11.0. The van der Waals surface area contributed by atoms with Gasteiger partial charge >= 0.3 is 0 Å². The van der Waals surface area contributed by atoms with Crippen LogP contribution < -0.4 is 5.32 Å². The van der Waals surface area contributed by atoms with Gasteiger partial charge in [-0.1, -0.05) is 23.7 Å². The fourth-order valence-corrected chi connectivity index (χ4v) is 3.91. The first-order valence-corrected chi connectivity index (χ1v) is 9.29. The van der Waals surface area contributed by atoms with Gasteiger partial charge in [0.2, 0.25) is 5.95 Å². The van der Waals surface area contributed by atoms with Gasteiger partial charge in [0.15, 0.2) is 5.82 Å². The minimum absolute atomic E-state index is 0.530. The molecule has 7 nitrogen and oxygen atoms in total. The van der Waals surface area contributed by atoms with Crippen LogP contribution in [0, 0.1) is 0 Å². The zero-order valence-electron chi connectivity index (χ0n) is 14.2. The third-order valence-corrected chi connectivity index (χ3v) is 5.43. The maximum Gasteiger partial charge on any atom is 0.222 e. The smallest absolute Gasteiger partial charge is 0.222 e. The van der Waals surface area contributed by atoms with E-state index in [1.54, 1.807) is 37.5 Å². The van der Waals surface area contributed by atoms with E-state index in [9.17, 15) is 5.11 Å². The first kappa shape index (κ1) is 17.6. The molecule has 136 valence electrons. The quantitative estimate of drug-likeness (QED) is 0.473. The fraction of sp³-hybridized carbons (Fsp3) is 0.111. The van der Waals surface area contributed by atoms with Crippen molar-refractivity contribution in [2.24, 2.45) is 0 Å². The minimum Gasteiger partial charge on any atom is -0.384 e. The summed E-state index contributed by atoms with van der Waals surface area (Å²) in [4.78, 5) is 14.6. The highest BCUT2D eigenvalue weighted by Gasteiger charge is 2.22. The van der Waals surface area contributed by atoms with Crippen LogP contribution in [-0.2, 0) is 0 Å². The molecule has 1 unspecified atom stereocenters. The normalized spacial score (nSPS) is 12.1. The molecule has 4 rings (SSSR count). The number of benzene rings is 1. The number of anilines is 1. The van der Waals surface area contributed by atoms with Gasteiger partial charge in [0.1, 0.15) is 12.4 Å². The minimum atomic E-state index is -0.835. The highest BCUT2D eigenvalue weighted by Crippen LogP contribution is 2.41. The number of H-pyrrole nitrogens is 1. The molecule has 27 heavy (non-hydrogen) atoms. The Hall–Kier alpha value is -2.81. The van der Waals surface area contributed by atoms with Crippen molar-refractivity contribution in [1.29, 1.82) is 0 Å².